The first kappa shape index (κ1) is 28.6. The summed E-state index contributed by atoms with van der Waals surface area (Å²) in [5.74, 6) is -0.953. The largest absolute Gasteiger partial charge is 0.325 e. The first-order valence-corrected chi connectivity index (χ1v) is 14.9. The van der Waals surface area contributed by atoms with E-state index in [1.54, 1.807) is 42.5 Å². The molecule has 4 aromatic carbocycles. The smallest absolute Gasteiger partial charge is 0.272 e. The zero-order valence-electron chi connectivity index (χ0n) is 22.4. The average Bonchev–Trinajstić information content (AvgIpc) is 3.55. The Hall–Kier alpha value is -4.92. The van der Waals surface area contributed by atoms with Crippen LogP contribution in [0.1, 0.15) is 26.0 Å². The second kappa shape index (κ2) is 14.1. The van der Waals surface area contributed by atoms with Gasteiger partial charge in [-0.3, -0.25) is 14.4 Å². The molecule has 5 aromatic rings. The number of thioether (sulfide) groups is 1. The minimum absolute atomic E-state index is 0.131. The van der Waals surface area contributed by atoms with E-state index in [9.17, 15) is 14.4 Å². The summed E-state index contributed by atoms with van der Waals surface area (Å²) in [5, 5.41) is 10.0. The third kappa shape index (κ3) is 7.84. The second-order valence-electron chi connectivity index (χ2n) is 9.14. The van der Waals surface area contributed by atoms with Crippen molar-refractivity contribution in [3.05, 3.63) is 154 Å². The van der Waals surface area contributed by atoms with E-state index >= 15 is 0 Å². The van der Waals surface area contributed by atoms with Gasteiger partial charge in [0.05, 0.1) is 0 Å². The molecule has 0 saturated heterocycles. The van der Waals surface area contributed by atoms with Gasteiger partial charge in [0.1, 0.15) is 10.9 Å². The number of nitrogens with one attached hydrogen (secondary N) is 3. The van der Waals surface area contributed by atoms with Gasteiger partial charge < -0.3 is 16.0 Å². The standard InChI is InChI=1S/C34H27N3O3S2/c38-32(25-13-6-2-7-14-25)37-30(23-29-17-10-22-41-29)33(39)35-27-18-20-28(21-19-27)42-31(24-11-4-1-5-12-24)34(40)36-26-15-8-3-9-16-26/h1-23,31H,(H,35,39)(H,36,40)(H,37,38)/b30-23-. The van der Waals surface area contributed by atoms with Gasteiger partial charge in [0.2, 0.25) is 5.91 Å². The summed E-state index contributed by atoms with van der Waals surface area (Å²) in [4.78, 5) is 41.1. The number of rotatable bonds is 10. The molecule has 1 unspecified atom stereocenters. The predicted octanol–water partition coefficient (Wildman–Crippen LogP) is 7.63. The quantitative estimate of drug-likeness (QED) is 0.115. The number of hydrogen-bond donors (Lipinski definition) is 3. The molecule has 3 N–H and O–H groups in total. The molecule has 1 aromatic heterocycles. The zero-order chi connectivity index (χ0) is 29.1. The molecule has 0 aliphatic carbocycles. The maximum Gasteiger partial charge on any atom is 0.272 e. The van der Waals surface area contributed by atoms with Gasteiger partial charge >= 0.3 is 0 Å². The summed E-state index contributed by atoms with van der Waals surface area (Å²) in [6.07, 6.45) is 1.65. The topological polar surface area (TPSA) is 87.3 Å². The van der Waals surface area contributed by atoms with Gasteiger partial charge in [-0.15, -0.1) is 23.1 Å². The second-order valence-corrected chi connectivity index (χ2v) is 11.3. The molecule has 3 amide bonds. The highest BCUT2D eigenvalue weighted by atomic mass is 32.2. The number of thiophene rings is 1. The fourth-order valence-corrected chi connectivity index (χ4v) is 5.72. The van der Waals surface area contributed by atoms with Crippen LogP contribution in [0, 0.1) is 0 Å². The first-order valence-electron chi connectivity index (χ1n) is 13.2. The van der Waals surface area contributed by atoms with E-state index < -0.39 is 11.2 Å². The molecule has 0 fully saturated rings. The third-order valence-electron chi connectivity index (χ3n) is 6.11. The highest BCUT2D eigenvalue weighted by Gasteiger charge is 2.22. The minimum Gasteiger partial charge on any atom is -0.325 e. The van der Waals surface area contributed by atoms with Crippen LogP contribution in [0.3, 0.4) is 0 Å². The Balaban J connectivity index is 1.30. The number of anilines is 2. The van der Waals surface area contributed by atoms with E-state index in [-0.39, 0.29) is 17.5 Å². The van der Waals surface area contributed by atoms with Crippen molar-refractivity contribution in [1.29, 1.82) is 0 Å². The molecule has 1 heterocycles. The third-order valence-corrected chi connectivity index (χ3v) is 8.19. The van der Waals surface area contributed by atoms with Crippen molar-refractivity contribution in [2.75, 3.05) is 10.6 Å². The van der Waals surface area contributed by atoms with Gasteiger partial charge in [0, 0.05) is 26.7 Å². The molecule has 1 atom stereocenters. The number of carbonyl (C=O) groups excluding carboxylic acids is 3. The molecule has 5 rings (SSSR count). The molecule has 0 bridgehead atoms. The summed E-state index contributed by atoms with van der Waals surface area (Å²) in [7, 11) is 0. The van der Waals surface area contributed by atoms with Crippen LogP contribution in [-0.4, -0.2) is 17.7 Å². The summed E-state index contributed by atoms with van der Waals surface area (Å²) in [6, 6.07) is 38.7. The lowest BCUT2D eigenvalue weighted by Crippen LogP contribution is -2.30. The SMILES string of the molecule is O=C(Nc1ccc(SC(C(=O)Nc2ccccc2)c2ccccc2)cc1)/C(=C/c1cccs1)NC(=O)c1ccccc1. The molecular weight excluding hydrogens is 563 g/mol. The Bertz CT molecular complexity index is 1660. The van der Waals surface area contributed by atoms with Crippen molar-refractivity contribution in [2.45, 2.75) is 10.1 Å². The molecule has 0 spiro atoms. The molecule has 0 aliphatic rings. The highest BCUT2D eigenvalue weighted by molar-refractivity contribution is 8.00. The summed E-state index contributed by atoms with van der Waals surface area (Å²) >= 11 is 2.88. The maximum atomic E-state index is 13.3. The van der Waals surface area contributed by atoms with Crippen LogP contribution in [0.5, 0.6) is 0 Å². The molecule has 6 nitrogen and oxygen atoms in total. The van der Waals surface area contributed by atoms with Crippen LogP contribution in [0.25, 0.3) is 6.08 Å². The number of hydrogen-bond acceptors (Lipinski definition) is 5. The molecule has 8 heteroatoms. The van der Waals surface area contributed by atoms with E-state index in [0.717, 1.165) is 21.0 Å². The van der Waals surface area contributed by atoms with E-state index in [2.05, 4.69) is 16.0 Å². The highest BCUT2D eigenvalue weighted by Crippen LogP contribution is 2.36. The molecule has 208 valence electrons. The minimum atomic E-state index is -0.486. The Morgan fingerprint density at radius 3 is 1.93 bits per heavy atom. The lowest BCUT2D eigenvalue weighted by molar-refractivity contribution is -0.116. The summed E-state index contributed by atoms with van der Waals surface area (Å²) in [5.41, 5.74) is 2.75. The van der Waals surface area contributed by atoms with Crippen LogP contribution < -0.4 is 16.0 Å². The molecule has 0 aliphatic heterocycles. The zero-order valence-corrected chi connectivity index (χ0v) is 24.0. The maximum absolute atomic E-state index is 13.3. The van der Waals surface area contributed by atoms with Gasteiger partial charge in [-0.1, -0.05) is 72.8 Å². The first-order chi connectivity index (χ1) is 20.5. The van der Waals surface area contributed by atoms with Gasteiger partial charge in [0.15, 0.2) is 0 Å². The van der Waals surface area contributed by atoms with Crippen molar-refractivity contribution in [1.82, 2.24) is 5.32 Å². The van der Waals surface area contributed by atoms with Crippen LogP contribution >= 0.6 is 23.1 Å². The van der Waals surface area contributed by atoms with Crippen molar-refractivity contribution in [2.24, 2.45) is 0 Å². The van der Waals surface area contributed by atoms with Crippen molar-refractivity contribution in [3.63, 3.8) is 0 Å². The van der Waals surface area contributed by atoms with Crippen LogP contribution in [0.15, 0.2) is 143 Å². The predicted molar refractivity (Wildman–Crippen MR) is 171 cm³/mol. The van der Waals surface area contributed by atoms with E-state index in [1.807, 2.05) is 96.4 Å². The Morgan fingerprint density at radius 2 is 1.29 bits per heavy atom. The lowest BCUT2D eigenvalue weighted by atomic mass is 10.1. The summed E-state index contributed by atoms with van der Waals surface area (Å²) in [6.45, 7) is 0. The Labute approximate surface area is 252 Å². The normalized spacial score (nSPS) is 11.8. The van der Waals surface area contributed by atoms with Crippen LogP contribution in [-0.2, 0) is 9.59 Å². The van der Waals surface area contributed by atoms with Gasteiger partial charge in [-0.25, -0.2) is 0 Å². The summed E-state index contributed by atoms with van der Waals surface area (Å²) < 4.78 is 0. The average molecular weight is 590 g/mol. The van der Waals surface area contributed by atoms with Gasteiger partial charge in [0.25, 0.3) is 11.8 Å². The van der Waals surface area contributed by atoms with E-state index in [0.29, 0.717) is 11.3 Å². The lowest BCUT2D eigenvalue weighted by Gasteiger charge is -2.17. The fourth-order valence-electron chi connectivity index (χ4n) is 4.04. The Morgan fingerprint density at radius 1 is 0.667 bits per heavy atom. The molecule has 0 saturated carbocycles. The van der Waals surface area contributed by atoms with Crippen LogP contribution in [0.2, 0.25) is 0 Å². The van der Waals surface area contributed by atoms with E-state index in [4.69, 9.17) is 0 Å². The monoisotopic (exact) mass is 589 g/mol. The molecular formula is C34H27N3O3S2. The van der Waals surface area contributed by atoms with Crippen molar-refractivity contribution in [3.8, 4) is 0 Å². The van der Waals surface area contributed by atoms with Crippen molar-refractivity contribution < 1.29 is 14.4 Å². The number of amides is 3. The van der Waals surface area contributed by atoms with Gasteiger partial charge in [-0.05, 0) is 71.6 Å². The fraction of sp³-hybridized carbons (Fsp3) is 0.0294. The number of benzene rings is 4. The molecule has 42 heavy (non-hydrogen) atoms. The van der Waals surface area contributed by atoms with Crippen molar-refractivity contribution >= 4 is 58.3 Å². The number of para-hydroxylation sites is 1. The van der Waals surface area contributed by atoms with Crippen LogP contribution in [0.4, 0.5) is 11.4 Å². The van der Waals surface area contributed by atoms with Gasteiger partial charge in [-0.2, -0.15) is 0 Å². The van der Waals surface area contributed by atoms with E-state index in [1.165, 1.54) is 23.1 Å². The number of carbonyl (C=O) groups is 3. The Kier molecular flexibility index (Phi) is 9.61. The molecule has 0 radical (unpaired) electrons.